The Labute approximate surface area is 391 Å². The Hall–Kier alpha value is -5.12. The van der Waals surface area contributed by atoms with Gasteiger partial charge in [0.2, 0.25) is 0 Å². The van der Waals surface area contributed by atoms with Gasteiger partial charge in [-0.2, -0.15) is 0 Å². The highest BCUT2D eigenvalue weighted by atomic mass is 32.2. The second-order valence-corrected chi connectivity index (χ2v) is 25.6. The Morgan fingerprint density at radius 3 is 0.828 bits per heavy atom. The zero-order valence-electron chi connectivity index (χ0n) is 38.2. The molecule has 0 saturated heterocycles. The Bertz CT molecular complexity index is 2880. The predicted molar refractivity (Wildman–Crippen MR) is 289 cm³/mol. The van der Waals surface area contributed by atoms with Crippen molar-refractivity contribution in [1.82, 2.24) is 19.9 Å². The highest BCUT2D eigenvalue weighted by Crippen LogP contribution is 2.39. The van der Waals surface area contributed by atoms with Gasteiger partial charge >= 0.3 is 0 Å². The van der Waals surface area contributed by atoms with Crippen LogP contribution in [0, 0.1) is 0 Å². The maximum absolute atomic E-state index is 5.56. The minimum Gasteiger partial charge on any atom is -0.354 e. The topological polar surface area (TPSA) is 57.4 Å². The van der Waals surface area contributed by atoms with Crippen LogP contribution in [0.4, 0.5) is 0 Å². The second kappa shape index (κ2) is 19.2. The van der Waals surface area contributed by atoms with Gasteiger partial charge < -0.3 is 9.97 Å². The smallest absolute Gasteiger partial charge is 0.154 e. The molecule has 0 spiro atoms. The van der Waals surface area contributed by atoms with Gasteiger partial charge in [-0.1, -0.05) is 0 Å². The predicted octanol–water partition coefficient (Wildman–Crippen LogP) is 13.8. The summed E-state index contributed by atoms with van der Waals surface area (Å²) in [6.07, 6.45) is 18.1. The average molecular weight is 915 g/mol. The number of aromatic nitrogens is 4. The van der Waals surface area contributed by atoms with Crippen LogP contribution in [0.15, 0.2) is 141 Å². The lowest BCUT2D eigenvalue weighted by Gasteiger charge is -2.08. The second-order valence-electron chi connectivity index (χ2n) is 16.3. The van der Waals surface area contributed by atoms with Gasteiger partial charge in [-0.3, -0.25) is 0 Å². The minimum atomic E-state index is 0.186. The monoisotopic (exact) mass is 914 g/mol. The van der Waals surface area contributed by atoms with Crippen LogP contribution in [0.5, 0.6) is 0 Å². The van der Waals surface area contributed by atoms with E-state index in [-0.39, 0.29) is 43.6 Å². The fourth-order valence-corrected chi connectivity index (χ4v) is 12.2. The molecule has 0 aliphatic carbocycles. The molecule has 8 bridgehead atoms. The molecule has 3 aromatic heterocycles. The molecule has 64 heavy (non-hydrogen) atoms. The maximum Gasteiger partial charge on any atom is 0.154 e. The zero-order chi connectivity index (χ0) is 44.5. The number of H-pyrrole nitrogens is 2. The Balaban J connectivity index is 1.40. The van der Waals surface area contributed by atoms with Crippen LogP contribution in [-0.4, -0.2) is 68.0 Å². The first-order valence-corrected chi connectivity index (χ1v) is 29.5. The highest BCUT2D eigenvalue weighted by molar-refractivity contribution is 7.97. The van der Waals surface area contributed by atoms with Gasteiger partial charge in [0.25, 0.3) is 0 Å². The molecule has 0 radical (unpaired) electrons. The van der Waals surface area contributed by atoms with Crippen molar-refractivity contribution in [3.8, 4) is 44.5 Å². The van der Waals surface area contributed by atoms with Gasteiger partial charge in [0.1, 0.15) is 48.0 Å². The third-order valence-electron chi connectivity index (χ3n) is 12.7. The van der Waals surface area contributed by atoms with E-state index in [9.17, 15) is 0 Å². The first-order valence-electron chi connectivity index (χ1n) is 22.3. The molecule has 2 N–H and O–H groups in total. The van der Waals surface area contributed by atoms with Crippen molar-refractivity contribution in [2.45, 2.75) is 47.3 Å². The van der Waals surface area contributed by atoms with Gasteiger partial charge in [0, 0.05) is 87.9 Å². The van der Waals surface area contributed by atoms with Crippen LogP contribution in [0.25, 0.3) is 90.9 Å². The van der Waals surface area contributed by atoms with Gasteiger partial charge in [-0.05, 0) is 196 Å². The molecule has 5 heterocycles. The third-order valence-corrected chi connectivity index (χ3v) is 20.4. The van der Waals surface area contributed by atoms with Gasteiger partial charge in [0.15, 0.2) is 19.6 Å². The quantitative estimate of drug-likeness (QED) is 0.120. The van der Waals surface area contributed by atoms with E-state index in [1.165, 1.54) is 19.6 Å². The summed E-state index contributed by atoms with van der Waals surface area (Å²) in [4.78, 5) is 24.5. The fraction of sp³-hybridized carbons (Fsp3) is 0.214. The van der Waals surface area contributed by atoms with Gasteiger partial charge in [-0.15, -0.1) is 0 Å². The molecule has 4 nitrogen and oxygen atoms in total. The number of nitrogens with one attached hydrogen (secondary N) is 2. The Morgan fingerprint density at radius 1 is 0.312 bits per heavy atom. The summed E-state index contributed by atoms with van der Waals surface area (Å²) >= 11 is 0. The summed E-state index contributed by atoms with van der Waals surface area (Å²) in [6.45, 7) is 9.07. The van der Waals surface area contributed by atoms with E-state index in [0.717, 1.165) is 112 Å². The van der Waals surface area contributed by atoms with Gasteiger partial charge in [-0.25, -0.2) is 9.97 Å². The summed E-state index contributed by atoms with van der Waals surface area (Å²) in [5.74, 6) is 4.50. The van der Waals surface area contributed by atoms with Crippen LogP contribution in [0.1, 0.15) is 50.5 Å². The first kappa shape index (κ1) is 44.1. The van der Waals surface area contributed by atoms with Crippen molar-refractivity contribution in [3.05, 3.63) is 144 Å². The number of benzene rings is 4. The van der Waals surface area contributed by atoms with Crippen LogP contribution in [0.2, 0.25) is 0 Å². The van der Waals surface area contributed by atoms with E-state index in [0.29, 0.717) is 0 Å². The summed E-state index contributed by atoms with van der Waals surface area (Å²) in [5, 5.41) is 0. The van der Waals surface area contributed by atoms with Crippen molar-refractivity contribution in [2.24, 2.45) is 0 Å². The zero-order valence-corrected chi connectivity index (χ0v) is 41.5. The SMILES string of the molecule is CC[S+](C)c1ccc(-c2c3nc(c(-c4ccc([S+](C)CC)cc4)c4ccc([nH]4)c(-c4ccc([S+](C)CC)cc4)c4ccc([nH]4)c(-c4ccc([S+](C)CC)cc4)c4nc2C=C4)C=C3)cc1. The Kier molecular flexibility index (Phi) is 13.2. The van der Waals surface area contributed by atoms with Crippen LogP contribution < -0.4 is 0 Å². The largest absolute Gasteiger partial charge is 0.354 e. The molecule has 0 fully saturated rings. The average Bonchev–Trinajstić information content (AvgIpc) is 4.20. The van der Waals surface area contributed by atoms with Gasteiger partial charge in [0.05, 0.1) is 22.8 Å². The summed E-state index contributed by atoms with van der Waals surface area (Å²) in [7, 11) is 0.762. The molecule has 4 aromatic carbocycles. The lowest BCUT2D eigenvalue weighted by Crippen LogP contribution is -2.02. The van der Waals surface area contributed by atoms with Crippen LogP contribution >= 0.6 is 0 Å². The van der Waals surface area contributed by atoms with E-state index < -0.39 is 0 Å². The number of hydrogen-bond donors (Lipinski definition) is 2. The van der Waals surface area contributed by atoms with Crippen LogP contribution in [0.3, 0.4) is 0 Å². The summed E-state index contributed by atoms with van der Waals surface area (Å²) < 4.78 is 0. The van der Waals surface area contributed by atoms with Crippen molar-refractivity contribution >= 4 is 90.0 Å². The standard InChI is InChI=1S/C56H58N4S4/c1-9-61(5)41-21-13-37(14-22-41)53-45-29-31-47(57-45)54(38-15-23-42(24-16-38)62(6)10-2)49-33-35-51(59-49)56(40-19-27-44(28-20-40)64(8)12-4)52-36-34-50(60-52)55(48-32-30-46(53)58-48)39-17-25-43(26-18-39)63(7)11-3/h13-36,57-58H,9-12H2,1-8H3/q+4. The molecule has 7 aromatic rings. The van der Waals surface area contributed by atoms with Crippen LogP contribution in [-0.2, 0) is 43.6 Å². The van der Waals surface area contributed by atoms with E-state index in [2.05, 4.69) is 208 Å². The minimum absolute atomic E-state index is 0.186. The number of fused-ring (bicyclic) bond motifs is 8. The van der Waals surface area contributed by atoms with Crippen molar-refractivity contribution in [2.75, 3.05) is 48.0 Å². The molecule has 2 aliphatic heterocycles. The van der Waals surface area contributed by atoms with Crippen molar-refractivity contribution in [1.29, 1.82) is 0 Å². The molecule has 4 atom stereocenters. The van der Waals surface area contributed by atoms with E-state index in [1.807, 2.05) is 0 Å². The molecule has 4 unspecified atom stereocenters. The van der Waals surface area contributed by atoms with E-state index in [1.54, 1.807) is 0 Å². The number of aromatic amines is 2. The fourth-order valence-electron chi connectivity index (χ4n) is 8.50. The summed E-state index contributed by atoms with van der Waals surface area (Å²) in [5.41, 5.74) is 16.6. The number of rotatable bonds is 12. The van der Waals surface area contributed by atoms with E-state index in [4.69, 9.17) is 9.97 Å². The highest BCUT2D eigenvalue weighted by Gasteiger charge is 2.23. The molecule has 0 saturated carbocycles. The molecular formula is C56H58N4S4+4. The third kappa shape index (κ3) is 8.70. The number of hydrogen-bond acceptors (Lipinski definition) is 2. The molecule has 322 valence electrons. The number of nitrogens with zero attached hydrogens (tertiary/aromatic N) is 2. The van der Waals surface area contributed by atoms with Crippen molar-refractivity contribution < 1.29 is 0 Å². The lowest BCUT2D eigenvalue weighted by molar-refractivity contribution is 1.27. The van der Waals surface area contributed by atoms with E-state index >= 15 is 0 Å². The van der Waals surface area contributed by atoms with Crippen molar-refractivity contribution in [3.63, 3.8) is 0 Å². The molecular weight excluding hydrogens is 857 g/mol. The molecule has 0 amide bonds. The Morgan fingerprint density at radius 2 is 0.547 bits per heavy atom. The maximum atomic E-state index is 5.56. The molecule has 8 heteroatoms. The molecule has 2 aliphatic rings. The lowest BCUT2D eigenvalue weighted by atomic mass is 10.0. The normalized spacial score (nSPS) is 14.1. The summed E-state index contributed by atoms with van der Waals surface area (Å²) in [6, 6.07) is 45.6. The molecule has 9 rings (SSSR count). The first-order chi connectivity index (χ1) is 31.2.